The third kappa shape index (κ3) is 4.01. The van der Waals surface area contributed by atoms with Gasteiger partial charge in [0.05, 0.1) is 17.3 Å². The van der Waals surface area contributed by atoms with Gasteiger partial charge in [-0.2, -0.15) is 0 Å². The molecule has 0 spiro atoms. The van der Waals surface area contributed by atoms with Gasteiger partial charge in [0, 0.05) is 24.0 Å². The maximum Gasteiger partial charge on any atom is 0.259 e. The Kier molecular flexibility index (Phi) is 5.43. The van der Waals surface area contributed by atoms with Crippen LogP contribution in [0.1, 0.15) is 17.0 Å². The average molecular weight is 442 g/mol. The van der Waals surface area contributed by atoms with Crippen LogP contribution < -0.4 is 10.3 Å². The molecule has 0 unspecified atom stereocenters. The van der Waals surface area contributed by atoms with Crippen molar-refractivity contribution in [3.63, 3.8) is 0 Å². The minimum absolute atomic E-state index is 0.0139. The average Bonchev–Trinajstić information content (AvgIpc) is 2.56. The Morgan fingerprint density at radius 3 is 2.46 bits per heavy atom. The van der Waals surface area contributed by atoms with Crippen molar-refractivity contribution < 1.29 is 13.5 Å². The molecule has 0 aliphatic heterocycles. The first-order chi connectivity index (χ1) is 13.1. The van der Waals surface area contributed by atoms with Crippen LogP contribution in [0.3, 0.4) is 0 Å². The number of aryl methyl sites for hydroxylation is 2. The zero-order chi connectivity index (χ0) is 20.6. The Bertz CT molecular complexity index is 1120. The summed E-state index contributed by atoms with van der Waals surface area (Å²) in [7, 11) is 11.6. The van der Waals surface area contributed by atoms with Crippen LogP contribution in [-0.2, 0) is 5.40 Å². The highest BCUT2D eigenvalue weighted by Crippen LogP contribution is 2.25. The molecule has 28 heavy (non-hydrogen) atoms. The molecule has 0 aliphatic carbocycles. The van der Waals surface area contributed by atoms with Gasteiger partial charge in [0.25, 0.3) is 5.56 Å². The van der Waals surface area contributed by atoms with Gasteiger partial charge in [-0.3, -0.25) is 14.3 Å². The van der Waals surface area contributed by atoms with Crippen molar-refractivity contribution in [2.45, 2.75) is 19.2 Å². The molecule has 3 heterocycles. The van der Waals surface area contributed by atoms with Crippen LogP contribution in [0.5, 0.6) is 5.75 Å². The summed E-state index contributed by atoms with van der Waals surface area (Å²) in [6.45, 7) is 3.51. The second kappa shape index (κ2) is 7.50. The molecule has 0 aromatic carbocycles. The lowest BCUT2D eigenvalue weighted by atomic mass is 9.62. The number of pyridine rings is 3. The maximum absolute atomic E-state index is 14.0. The van der Waals surface area contributed by atoms with Crippen molar-refractivity contribution in [3.8, 4) is 11.4 Å². The third-order valence-electron chi connectivity index (χ3n) is 3.94. The van der Waals surface area contributed by atoms with E-state index in [1.165, 1.54) is 10.6 Å². The Morgan fingerprint density at radius 1 is 1.11 bits per heavy atom. The highest BCUT2D eigenvalue weighted by molar-refractivity contribution is 9.10. The highest BCUT2D eigenvalue weighted by atomic mass is 79.9. The lowest BCUT2D eigenvalue weighted by Crippen LogP contribution is -2.37. The van der Waals surface area contributed by atoms with Crippen molar-refractivity contribution in [3.05, 3.63) is 80.2 Å². The first-order valence-electron chi connectivity index (χ1n) is 8.03. The van der Waals surface area contributed by atoms with E-state index >= 15 is 0 Å². The molecule has 5 nitrogen and oxygen atoms in total. The lowest BCUT2D eigenvalue weighted by molar-refractivity contribution is 0.231. The van der Waals surface area contributed by atoms with Gasteiger partial charge in [0.2, 0.25) is 0 Å². The van der Waals surface area contributed by atoms with Gasteiger partial charge in [0.1, 0.15) is 43.4 Å². The molecule has 0 saturated heterocycles. The summed E-state index contributed by atoms with van der Waals surface area (Å²) in [6.07, 6.45) is 2.40. The van der Waals surface area contributed by atoms with Crippen LogP contribution in [0.25, 0.3) is 5.69 Å². The molecule has 0 saturated carbocycles. The normalized spacial score (nSPS) is 11.5. The Balaban J connectivity index is 2.01. The number of nitrogens with zero attached hydrogens (tertiary/aromatic N) is 3. The van der Waals surface area contributed by atoms with Gasteiger partial charge in [-0.05, 0) is 47.5 Å². The molecule has 3 aromatic rings. The quantitative estimate of drug-likeness (QED) is 0.461. The van der Waals surface area contributed by atoms with Crippen LogP contribution in [-0.4, -0.2) is 30.2 Å². The van der Waals surface area contributed by atoms with Crippen LogP contribution >= 0.6 is 15.9 Å². The number of hydrogen-bond acceptors (Lipinski definition) is 4. The van der Waals surface area contributed by atoms with E-state index in [-0.39, 0.29) is 5.75 Å². The second-order valence-corrected chi connectivity index (χ2v) is 6.99. The monoisotopic (exact) mass is 441 g/mol. The summed E-state index contributed by atoms with van der Waals surface area (Å²) in [5.41, 5.74) is 1.02. The highest BCUT2D eigenvalue weighted by Gasteiger charge is 2.28. The Hall–Kier alpha value is -2.48. The van der Waals surface area contributed by atoms with Gasteiger partial charge in [-0.1, -0.05) is 0 Å². The van der Waals surface area contributed by atoms with E-state index in [9.17, 15) is 13.6 Å². The topological polar surface area (TPSA) is 57.0 Å². The minimum atomic E-state index is -2.21. The van der Waals surface area contributed by atoms with E-state index in [4.69, 9.17) is 20.4 Å². The largest absolute Gasteiger partial charge is 0.501 e. The van der Waals surface area contributed by atoms with Crippen molar-refractivity contribution in [1.82, 2.24) is 14.5 Å². The van der Waals surface area contributed by atoms with E-state index in [0.717, 1.165) is 17.8 Å². The molecule has 10 heteroatoms. The molecular weight excluding hydrogens is 430 g/mol. The number of ether oxygens (including phenoxy) is 1. The number of hydrogen-bond donors (Lipinski definition) is 0. The zero-order valence-corrected chi connectivity index (χ0v) is 16.5. The standard InChI is InChI=1S/C18H12B2BrF2N3O2/c1-9-7-24-15(21)6-14(9)26-10(2)3-12(5-16(26)27)28-18(19,20)17-13(23)4-11(22)8-25-17/h3-8H,1-2H3. The molecule has 4 radical (unpaired) electrons. The summed E-state index contributed by atoms with van der Waals surface area (Å²) in [5, 5.41) is -2.21. The predicted octanol–water partition coefficient (Wildman–Crippen LogP) is 2.81. The summed E-state index contributed by atoms with van der Waals surface area (Å²) in [6, 6.07) is 4.98. The van der Waals surface area contributed by atoms with Gasteiger partial charge in [0.15, 0.2) is 0 Å². The number of rotatable bonds is 4. The lowest BCUT2D eigenvalue weighted by Gasteiger charge is -2.28. The predicted molar refractivity (Wildman–Crippen MR) is 105 cm³/mol. The first-order valence-corrected chi connectivity index (χ1v) is 8.82. The van der Waals surface area contributed by atoms with Gasteiger partial charge in [-0.15, -0.1) is 0 Å². The molecule has 0 atom stereocenters. The van der Waals surface area contributed by atoms with Crippen LogP contribution in [0.15, 0.2) is 46.1 Å². The van der Waals surface area contributed by atoms with Crippen molar-refractivity contribution >= 4 is 31.6 Å². The van der Waals surface area contributed by atoms with Crippen molar-refractivity contribution in [1.29, 1.82) is 0 Å². The van der Waals surface area contributed by atoms with Crippen LogP contribution in [0.4, 0.5) is 8.78 Å². The fraction of sp³-hybridized carbons (Fsp3) is 0.167. The summed E-state index contributed by atoms with van der Waals surface area (Å²) in [5.74, 6) is -1.93. The van der Waals surface area contributed by atoms with Gasteiger partial charge < -0.3 is 4.74 Å². The van der Waals surface area contributed by atoms with E-state index in [1.54, 1.807) is 19.2 Å². The smallest absolute Gasteiger partial charge is 0.259 e. The van der Waals surface area contributed by atoms with Gasteiger partial charge >= 0.3 is 0 Å². The molecular formula is C18H12B2BrF2N3O2. The second-order valence-electron chi connectivity index (χ2n) is 6.18. The molecule has 0 fully saturated rings. The van der Waals surface area contributed by atoms with E-state index in [1.807, 2.05) is 6.92 Å². The Labute approximate surface area is 170 Å². The number of aromatic nitrogens is 3. The third-order valence-corrected chi connectivity index (χ3v) is 4.37. The van der Waals surface area contributed by atoms with E-state index in [2.05, 4.69) is 25.9 Å². The molecule has 3 aromatic heterocycles. The van der Waals surface area contributed by atoms with Crippen molar-refractivity contribution in [2.75, 3.05) is 0 Å². The fourth-order valence-electron chi connectivity index (χ4n) is 2.71. The van der Waals surface area contributed by atoms with Gasteiger partial charge in [-0.25, -0.2) is 13.8 Å². The molecule has 0 bridgehead atoms. The molecule has 0 aliphatic rings. The summed E-state index contributed by atoms with van der Waals surface area (Å²) >= 11 is 3.28. The molecule has 0 N–H and O–H groups in total. The zero-order valence-electron chi connectivity index (χ0n) is 14.9. The minimum Gasteiger partial charge on any atom is -0.501 e. The Morgan fingerprint density at radius 2 is 1.82 bits per heavy atom. The molecule has 3 rings (SSSR count). The SMILES string of the molecule is [B]C([B])(Oc1cc(C)n(-c2cc(Br)ncc2C)c(=O)c1)c1ncc(F)cc1F. The van der Waals surface area contributed by atoms with E-state index in [0.29, 0.717) is 22.1 Å². The van der Waals surface area contributed by atoms with Crippen molar-refractivity contribution in [2.24, 2.45) is 0 Å². The molecule has 0 amide bonds. The number of halogens is 3. The van der Waals surface area contributed by atoms with Crippen LogP contribution in [0, 0.1) is 25.5 Å². The summed E-state index contributed by atoms with van der Waals surface area (Å²) < 4.78 is 34.5. The summed E-state index contributed by atoms with van der Waals surface area (Å²) in [4.78, 5) is 20.4. The molecule has 138 valence electrons. The first kappa shape index (κ1) is 20.3. The van der Waals surface area contributed by atoms with E-state index < -0.39 is 28.3 Å². The fourth-order valence-corrected chi connectivity index (χ4v) is 3.03. The van der Waals surface area contributed by atoms with Crippen LogP contribution in [0.2, 0.25) is 0 Å². The maximum atomic E-state index is 14.0.